The predicted octanol–water partition coefficient (Wildman–Crippen LogP) is 4.80. The molecule has 20 nitrogen and oxygen atoms in total. The van der Waals surface area contributed by atoms with E-state index in [9.17, 15) is 43.5 Å². The van der Waals surface area contributed by atoms with Crippen molar-refractivity contribution in [2.75, 3.05) is 53.3 Å². The standard InChI is InChI=1S/C56H88N8O12/c1-15-36(8)50(43(74-13)29-46(67)64-27-19-22-42(64)52(75-14)37(9)53(70)59-38(10)51(69)40-20-17-16-18-21-40)62(11)47(68)31-58-55(72)49(35(6)7)63(12)56(73)76-32-39-23-25-41(26-24-39)60-45(66)30-57-54(71)48(34(4)5)61-44(65)28-33(2)3/h16-18,20-21,23-26,33-38,42-43,48-52,69H,15,19,22,27-32H2,1-14H3,(H,57,71)(H,58,72)(H,59,70)(H,60,66)(H,61,65)/t36?,37-,38-,42+,43-,48?,49?,50?,51-,52-/m1/s1. The first-order valence-corrected chi connectivity index (χ1v) is 26.6. The number of ether oxygens (including phenoxy) is 3. The van der Waals surface area contributed by atoms with Crippen LogP contribution >= 0.6 is 0 Å². The third-order valence-corrected chi connectivity index (χ3v) is 14.2. The third-order valence-electron chi connectivity index (χ3n) is 14.2. The molecular formula is C56H88N8O12. The number of carbonyl (C=O) groups is 8. The van der Waals surface area contributed by atoms with Crippen LogP contribution in [-0.4, -0.2) is 158 Å². The Bertz CT molecular complexity index is 2210. The maximum absolute atomic E-state index is 14.2. The Labute approximate surface area is 450 Å². The minimum Gasteiger partial charge on any atom is -0.445 e. The maximum atomic E-state index is 14.2. The van der Waals surface area contributed by atoms with E-state index in [0.717, 1.165) is 0 Å². The molecule has 0 aromatic heterocycles. The highest BCUT2D eigenvalue weighted by Crippen LogP contribution is 2.30. The molecule has 2 aromatic rings. The number of likely N-dealkylation sites (tertiary alicyclic amines) is 1. The largest absolute Gasteiger partial charge is 0.445 e. The van der Waals surface area contributed by atoms with Crippen LogP contribution in [0.5, 0.6) is 0 Å². The van der Waals surface area contributed by atoms with E-state index in [4.69, 9.17) is 14.2 Å². The molecule has 20 heteroatoms. The van der Waals surface area contributed by atoms with Gasteiger partial charge >= 0.3 is 6.09 Å². The zero-order chi connectivity index (χ0) is 57.0. The lowest BCUT2D eigenvalue weighted by molar-refractivity contribution is -0.146. The highest BCUT2D eigenvalue weighted by atomic mass is 16.6. The fraction of sp³-hybridized carbons (Fsp3) is 0.643. The van der Waals surface area contributed by atoms with Crippen LogP contribution < -0.4 is 26.6 Å². The summed E-state index contributed by atoms with van der Waals surface area (Å²) in [6, 6.07) is 12.2. The number of rotatable bonds is 29. The minimum absolute atomic E-state index is 0.0606. The average molecular weight is 1070 g/mol. The molecule has 10 atom stereocenters. The first-order valence-electron chi connectivity index (χ1n) is 26.6. The van der Waals surface area contributed by atoms with Gasteiger partial charge in [0.2, 0.25) is 41.4 Å². The number of aliphatic hydroxyl groups is 1. The molecule has 1 saturated heterocycles. The number of amides is 8. The topological polar surface area (TPSA) is 254 Å². The highest BCUT2D eigenvalue weighted by Gasteiger charge is 2.42. The minimum atomic E-state index is -1.01. The van der Waals surface area contributed by atoms with E-state index in [2.05, 4.69) is 26.6 Å². The Morgan fingerprint density at radius 2 is 1.37 bits per heavy atom. The number of benzene rings is 2. The number of likely N-dealkylation sites (N-methyl/N-ethyl adjacent to an activating group) is 2. The highest BCUT2D eigenvalue weighted by molar-refractivity contribution is 5.96. The summed E-state index contributed by atoms with van der Waals surface area (Å²) in [5, 5.41) is 24.5. The van der Waals surface area contributed by atoms with Crippen LogP contribution in [-0.2, 0) is 54.4 Å². The van der Waals surface area contributed by atoms with Gasteiger partial charge in [0.1, 0.15) is 18.7 Å². The van der Waals surface area contributed by atoms with Crippen LogP contribution in [0.1, 0.15) is 119 Å². The summed E-state index contributed by atoms with van der Waals surface area (Å²) in [4.78, 5) is 111. The van der Waals surface area contributed by atoms with Crippen LogP contribution in [0.4, 0.5) is 10.5 Å². The molecule has 1 aliphatic rings. The summed E-state index contributed by atoms with van der Waals surface area (Å²) < 4.78 is 17.5. The fourth-order valence-electron chi connectivity index (χ4n) is 9.68. The van der Waals surface area contributed by atoms with Crippen LogP contribution in [0, 0.1) is 29.6 Å². The van der Waals surface area contributed by atoms with Crippen molar-refractivity contribution in [2.45, 2.75) is 156 Å². The Kier molecular flexibility index (Phi) is 26.3. The summed E-state index contributed by atoms with van der Waals surface area (Å²) in [5.74, 6) is -3.95. The SMILES string of the molecule is CCC(C)C([C@@H](CC(=O)N1CCC[C@H]1[C@H](OC)[C@@H](C)C(=O)N[C@H](C)[C@@H](O)c1ccccc1)OC)N(C)C(=O)CNC(=O)C(C(C)C)N(C)C(=O)OCc1ccc(NC(=O)CNC(=O)C(NC(=O)CC(C)C)C(C)C)cc1. The number of hydrogen-bond acceptors (Lipinski definition) is 12. The lowest BCUT2D eigenvalue weighted by Gasteiger charge is -2.39. The smallest absolute Gasteiger partial charge is 0.410 e. The van der Waals surface area contributed by atoms with E-state index in [1.54, 1.807) is 89.9 Å². The number of nitrogens with zero attached hydrogens (tertiary/aromatic N) is 3. The molecule has 4 unspecified atom stereocenters. The predicted molar refractivity (Wildman–Crippen MR) is 289 cm³/mol. The average Bonchev–Trinajstić information content (AvgIpc) is 3.87. The number of hydrogen-bond donors (Lipinski definition) is 6. The van der Waals surface area contributed by atoms with Crippen molar-refractivity contribution < 1.29 is 57.7 Å². The normalized spacial score (nSPS) is 17.0. The summed E-state index contributed by atoms with van der Waals surface area (Å²) >= 11 is 0. The van der Waals surface area contributed by atoms with Gasteiger partial charge in [-0.05, 0) is 66.7 Å². The van der Waals surface area contributed by atoms with Crippen LogP contribution in [0.25, 0.3) is 0 Å². The second-order valence-corrected chi connectivity index (χ2v) is 21.2. The Balaban J connectivity index is 1.57. The molecule has 1 fully saturated rings. The molecule has 0 bridgehead atoms. The zero-order valence-electron chi connectivity index (χ0n) is 47.3. The molecule has 0 spiro atoms. The van der Waals surface area contributed by atoms with Gasteiger partial charge in [-0.2, -0.15) is 0 Å². The molecule has 424 valence electrons. The first-order chi connectivity index (χ1) is 35.9. The quantitative estimate of drug-likeness (QED) is 0.0643. The number of nitrogens with one attached hydrogen (secondary N) is 5. The van der Waals surface area contributed by atoms with Crippen LogP contribution in [0.2, 0.25) is 0 Å². The molecular weight excluding hydrogens is 977 g/mol. The summed E-state index contributed by atoms with van der Waals surface area (Å²) in [5.41, 5.74) is 1.71. The van der Waals surface area contributed by atoms with Crippen molar-refractivity contribution in [1.82, 2.24) is 36.0 Å². The number of anilines is 1. The number of carbonyl (C=O) groups excluding carboxylic acids is 8. The van der Waals surface area contributed by atoms with Gasteiger partial charge in [-0.3, -0.25) is 38.5 Å². The molecule has 2 aromatic carbocycles. The van der Waals surface area contributed by atoms with E-state index >= 15 is 0 Å². The van der Waals surface area contributed by atoms with E-state index < -0.39 is 90.7 Å². The Hall–Kier alpha value is -6.12. The molecule has 3 rings (SSSR count). The summed E-state index contributed by atoms with van der Waals surface area (Å²) in [6.45, 7) is 18.0. The van der Waals surface area contributed by atoms with Gasteiger partial charge in [0.05, 0.1) is 61.9 Å². The van der Waals surface area contributed by atoms with E-state index in [1.165, 1.54) is 31.1 Å². The van der Waals surface area contributed by atoms with Gasteiger partial charge in [-0.25, -0.2) is 4.79 Å². The molecule has 1 heterocycles. The lowest BCUT2D eigenvalue weighted by atomic mass is 9.90. The van der Waals surface area contributed by atoms with Crippen molar-refractivity contribution in [3.8, 4) is 0 Å². The van der Waals surface area contributed by atoms with Crippen molar-refractivity contribution in [2.24, 2.45) is 29.6 Å². The molecule has 6 N–H and O–H groups in total. The van der Waals surface area contributed by atoms with Gasteiger partial charge in [-0.1, -0.05) is 111 Å². The molecule has 0 aliphatic carbocycles. The van der Waals surface area contributed by atoms with Gasteiger partial charge in [0, 0.05) is 47.0 Å². The van der Waals surface area contributed by atoms with Crippen LogP contribution in [0.3, 0.4) is 0 Å². The van der Waals surface area contributed by atoms with Crippen molar-refractivity contribution in [3.05, 3.63) is 65.7 Å². The summed E-state index contributed by atoms with van der Waals surface area (Å²) in [7, 11) is 6.07. The number of aliphatic hydroxyl groups excluding tert-OH is 1. The molecule has 0 saturated carbocycles. The van der Waals surface area contributed by atoms with E-state index in [0.29, 0.717) is 42.6 Å². The third kappa shape index (κ3) is 18.9. The van der Waals surface area contributed by atoms with Gasteiger partial charge in [0.25, 0.3) is 0 Å². The van der Waals surface area contributed by atoms with E-state index in [1.807, 2.05) is 45.9 Å². The second kappa shape index (κ2) is 31.2. The second-order valence-electron chi connectivity index (χ2n) is 21.2. The maximum Gasteiger partial charge on any atom is 0.410 e. The number of methoxy groups -OCH3 is 2. The Morgan fingerprint density at radius 1 is 0.737 bits per heavy atom. The summed E-state index contributed by atoms with van der Waals surface area (Å²) in [6.07, 6.45) is -0.881. The van der Waals surface area contributed by atoms with Crippen molar-refractivity contribution >= 4 is 53.1 Å². The van der Waals surface area contributed by atoms with Crippen LogP contribution in [0.15, 0.2) is 54.6 Å². The lowest BCUT2D eigenvalue weighted by Crippen LogP contribution is -2.56. The fourth-order valence-corrected chi connectivity index (χ4v) is 9.68. The van der Waals surface area contributed by atoms with Crippen molar-refractivity contribution in [1.29, 1.82) is 0 Å². The van der Waals surface area contributed by atoms with Gasteiger partial charge in [0.15, 0.2) is 0 Å². The Morgan fingerprint density at radius 3 is 1.93 bits per heavy atom. The molecule has 0 radical (unpaired) electrons. The van der Waals surface area contributed by atoms with E-state index in [-0.39, 0.29) is 67.4 Å². The monoisotopic (exact) mass is 1060 g/mol. The van der Waals surface area contributed by atoms with Gasteiger partial charge in [-0.15, -0.1) is 0 Å². The zero-order valence-corrected chi connectivity index (χ0v) is 47.3. The van der Waals surface area contributed by atoms with Crippen molar-refractivity contribution in [3.63, 3.8) is 0 Å². The molecule has 1 aliphatic heterocycles. The van der Waals surface area contributed by atoms with Gasteiger partial charge < -0.3 is 55.7 Å². The first kappa shape index (κ1) is 64.2. The molecule has 76 heavy (non-hydrogen) atoms. The molecule has 8 amide bonds.